The lowest BCUT2D eigenvalue weighted by atomic mass is 10.2. The topological polar surface area (TPSA) is 38.8 Å². The van der Waals surface area contributed by atoms with Crippen LogP contribution in [0.1, 0.15) is 27.2 Å². The van der Waals surface area contributed by atoms with Crippen molar-refractivity contribution in [3.8, 4) is 0 Å². The fourth-order valence-corrected chi connectivity index (χ4v) is 1.00. The lowest BCUT2D eigenvalue weighted by Gasteiger charge is -2.22. The first kappa shape index (κ1) is 14.4. The molecule has 90 valence electrons. The molecule has 0 atom stereocenters. The zero-order chi connectivity index (χ0) is 11.9. The SMILES string of the molecule is COC(=O)CCN(C)CCOC(C)(C)C. The van der Waals surface area contributed by atoms with Crippen LogP contribution in [0, 0.1) is 0 Å². The van der Waals surface area contributed by atoms with Gasteiger partial charge in [-0.3, -0.25) is 4.79 Å². The quantitative estimate of drug-likeness (QED) is 0.629. The highest BCUT2D eigenvalue weighted by Crippen LogP contribution is 2.05. The minimum absolute atomic E-state index is 0.0941. The molecule has 0 radical (unpaired) electrons. The monoisotopic (exact) mass is 217 g/mol. The van der Waals surface area contributed by atoms with Gasteiger partial charge in [-0.15, -0.1) is 0 Å². The molecule has 0 amide bonds. The van der Waals surface area contributed by atoms with Gasteiger partial charge >= 0.3 is 5.97 Å². The Labute approximate surface area is 92.5 Å². The highest BCUT2D eigenvalue weighted by molar-refractivity contribution is 5.69. The van der Waals surface area contributed by atoms with Gasteiger partial charge in [0, 0.05) is 13.1 Å². The molecular formula is C11H23NO3. The second kappa shape index (κ2) is 6.80. The van der Waals surface area contributed by atoms with E-state index in [1.54, 1.807) is 0 Å². The van der Waals surface area contributed by atoms with Crippen molar-refractivity contribution in [2.75, 3.05) is 33.9 Å². The number of ether oxygens (including phenoxy) is 2. The lowest BCUT2D eigenvalue weighted by molar-refractivity contribution is -0.141. The van der Waals surface area contributed by atoms with Crippen LogP contribution in [0.3, 0.4) is 0 Å². The fourth-order valence-electron chi connectivity index (χ4n) is 1.00. The van der Waals surface area contributed by atoms with Crippen LogP contribution in [-0.2, 0) is 14.3 Å². The third-order valence-electron chi connectivity index (χ3n) is 1.93. The lowest BCUT2D eigenvalue weighted by Crippen LogP contribution is -2.29. The number of methoxy groups -OCH3 is 1. The molecule has 0 aliphatic carbocycles. The predicted octanol–water partition coefficient (Wildman–Crippen LogP) is 1.30. The van der Waals surface area contributed by atoms with E-state index >= 15 is 0 Å². The molecule has 0 fully saturated rings. The molecule has 15 heavy (non-hydrogen) atoms. The molecule has 0 bridgehead atoms. The van der Waals surface area contributed by atoms with Crippen molar-refractivity contribution >= 4 is 5.97 Å². The predicted molar refractivity (Wildman–Crippen MR) is 59.8 cm³/mol. The molecule has 0 rings (SSSR count). The zero-order valence-corrected chi connectivity index (χ0v) is 10.5. The van der Waals surface area contributed by atoms with Crippen LogP contribution in [0.5, 0.6) is 0 Å². The Morgan fingerprint density at radius 1 is 1.27 bits per heavy atom. The van der Waals surface area contributed by atoms with E-state index in [9.17, 15) is 4.79 Å². The molecule has 0 saturated heterocycles. The van der Waals surface area contributed by atoms with Crippen LogP contribution in [0.25, 0.3) is 0 Å². The largest absolute Gasteiger partial charge is 0.469 e. The first-order valence-electron chi connectivity index (χ1n) is 5.24. The van der Waals surface area contributed by atoms with E-state index in [-0.39, 0.29) is 11.6 Å². The molecule has 0 N–H and O–H groups in total. The maximum absolute atomic E-state index is 10.9. The van der Waals surface area contributed by atoms with Gasteiger partial charge in [-0.25, -0.2) is 0 Å². The van der Waals surface area contributed by atoms with Crippen molar-refractivity contribution in [1.29, 1.82) is 0 Å². The van der Waals surface area contributed by atoms with Gasteiger partial charge in [-0.05, 0) is 27.8 Å². The van der Waals surface area contributed by atoms with Crippen LogP contribution in [0.15, 0.2) is 0 Å². The molecule has 0 saturated carbocycles. The van der Waals surface area contributed by atoms with Crippen molar-refractivity contribution in [3.05, 3.63) is 0 Å². The second-order valence-electron chi connectivity index (χ2n) is 4.59. The summed E-state index contributed by atoms with van der Waals surface area (Å²) in [6.07, 6.45) is 0.433. The minimum atomic E-state index is -0.168. The van der Waals surface area contributed by atoms with Crippen molar-refractivity contribution in [3.63, 3.8) is 0 Å². The molecule has 0 aromatic heterocycles. The van der Waals surface area contributed by atoms with Crippen LogP contribution >= 0.6 is 0 Å². The number of hydrogen-bond donors (Lipinski definition) is 0. The number of likely N-dealkylation sites (N-methyl/N-ethyl adjacent to an activating group) is 1. The van der Waals surface area contributed by atoms with Crippen molar-refractivity contribution in [2.24, 2.45) is 0 Å². The third kappa shape index (κ3) is 9.69. The highest BCUT2D eigenvalue weighted by Gasteiger charge is 2.10. The van der Waals surface area contributed by atoms with E-state index in [1.165, 1.54) is 7.11 Å². The van der Waals surface area contributed by atoms with E-state index < -0.39 is 0 Å². The fraction of sp³-hybridized carbons (Fsp3) is 0.909. The molecule has 0 spiro atoms. The van der Waals surface area contributed by atoms with Crippen molar-refractivity contribution in [1.82, 2.24) is 4.90 Å². The van der Waals surface area contributed by atoms with Gasteiger partial charge in [0.2, 0.25) is 0 Å². The van der Waals surface area contributed by atoms with Gasteiger partial charge in [0.05, 0.1) is 25.7 Å². The summed E-state index contributed by atoms with van der Waals surface area (Å²) < 4.78 is 10.1. The number of esters is 1. The average Bonchev–Trinajstić information content (AvgIpc) is 2.12. The normalized spacial score (nSPS) is 11.9. The maximum atomic E-state index is 10.9. The Kier molecular flexibility index (Phi) is 6.52. The summed E-state index contributed by atoms with van der Waals surface area (Å²) in [7, 11) is 3.38. The molecule has 0 aromatic carbocycles. The van der Waals surface area contributed by atoms with Crippen molar-refractivity contribution < 1.29 is 14.3 Å². The van der Waals surface area contributed by atoms with Gasteiger partial charge in [0.1, 0.15) is 0 Å². The molecule has 4 heteroatoms. The van der Waals surface area contributed by atoms with Gasteiger partial charge in [0.25, 0.3) is 0 Å². The van der Waals surface area contributed by atoms with Crippen LogP contribution in [0.2, 0.25) is 0 Å². The Morgan fingerprint density at radius 3 is 2.33 bits per heavy atom. The van der Waals surface area contributed by atoms with Gasteiger partial charge in [0.15, 0.2) is 0 Å². The third-order valence-corrected chi connectivity index (χ3v) is 1.93. The average molecular weight is 217 g/mol. The Balaban J connectivity index is 3.49. The molecule has 0 aliphatic heterocycles. The minimum Gasteiger partial charge on any atom is -0.469 e. The smallest absolute Gasteiger partial charge is 0.306 e. The van der Waals surface area contributed by atoms with E-state index in [0.717, 1.165) is 6.54 Å². The Bertz CT molecular complexity index is 187. The number of rotatable bonds is 6. The number of hydrogen-bond acceptors (Lipinski definition) is 4. The summed E-state index contributed by atoms with van der Waals surface area (Å²) in [6.45, 7) is 8.31. The van der Waals surface area contributed by atoms with E-state index in [0.29, 0.717) is 19.6 Å². The van der Waals surface area contributed by atoms with E-state index in [1.807, 2.05) is 27.8 Å². The van der Waals surface area contributed by atoms with Crippen LogP contribution < -0.4 is 0 Å². The number of nitrogens with zero attached hydrogens (tertiary/aromatic N) is 1. The van der Waals surface area contributed by atoms with Gasteiger partial charge in [-0.1, -0.05) is 0 Å². The summed E-state index contributed by atoms with van der Waals surface area (Å²) >= 11 is 0. The molecule has 0 unspecified atom stereocenters. The van der Waals surface area contributed by atoms with Crippen LogP contribution in [0.4, 0.5) is 0 Å². The Morgan fingerprint density at radius 2 is 1.87 bits per heavy atom. The molecule has 4 nitrogen and oxygen atoms in total. The zero-order valence-electron chi connectivity index (χ0n) is 10.5. The first-order valence-corrected chi connectivity index (χ1v) is 5.24. The van der Waals surface area contributed by atoms with E-state index in [4.69, 9.17) is 4.74 Å². The summed E-state index contributed by atoms with van der Waals surface area (Å²) in [6, 6.07) is 0. The number of carbonyl (C=O) groups excluding carboxylic acids is 1. The van der Waals surface area contributed by atoms with Gasteiger partial charge < -0.3 is 14.4 Å². The second-order valence-corrected chi connectivity index (χ2v) is 4.59. The standard InChI is InChI=1S/C11H23NO3/c1-11(2,3)15-9-8-12(4)7-6-10(13)14-5/h6-9H2,1-5H3. The number of carbonyl (C=O) groups is 1. The summed E-state index contributed by atoms with van der Waals surface area (Å²) in [5.74, 6) is -0.168. The van der Waals surface area contributed by atoms with Crippen molar-refractivity contribution in [2.45, 2.75) is 32.8 Å². The summed E-state index contributed by atoms with van der Waals surface area (Å²) in [5.41, 5.74) is -0.0941. The molecular weight excluding hydrogens is 194 g/mol. The molecule has 0 aliphatic rings. The molecule has 0 heterocycles. The maximum Gasteiger partial charge on any atom is 0.306 e. The Hall–Kier alpha value is -0.610. The summed E-state index contributed by atoms with van der Waals surface area (Å²) in [5, 5.41) is 0. The molecule has 0 aromatic rings. The first-order chi connectivity index (χ1) is 6.85. The van der Waals surface area contributed by atoms with E-state index in [2.05, 4.69) is 9.64 Å². The summed E-state index contributed by atoms with van der Waals surface area (Å²) in [4.78, 5) is 12.9. The van der Waals surface area contributed by atoms with Crippen LogP contribution in [-0.4, -0.2) is 50.3 Å². The van der Waals surface area contributed by atoms with Gasteiger partial charge in [-0.2, -0.15) is 0 Å². The highest BCUT2D eigenvalue weighted by atomic mass is 16.5.